The zero-order valence-corrected chi connectivity index (χ0v) is 28.7. The third-order valence-electron chi connectivity index (χ3n) is 8.48. The third-order valence-corrected chi connectivity index (χ3v) is 14.3. The molecule has 0 aromatic carbocycles. The number of nitrogens with zero attached hydrogens (tertiary/aromatic N) is 3. The van der Waals surface area contributed by atoms with E-state index in [4.69, 9.17) is 29.9 Å². The van der Waals surface area contributed by atoms with Crippen LogP contribution in [0.15, 0.2) is 12.3 Å². The lowest BCUT2D eigenvalue weighted by Crippen LogP contribution is -2.52. The number of amides is 1. The Labute approximate surface area is 255 Å². The minimum absolute atomic E-state index is 0.0335. The van der Waals surface area contributed by atoms with Crippen molar-refractivity contribution in [1.29, 1.82) is 0 Å². The van der Waals surface area contributed by atoms with E-state index in [9.17, 15) is 4.79 Å². The van der Waals surface area contributed by atoms with Gasteiger partial charge in [0.1, 0.15) is 11.4 Å². The number of pyridine rings is 1. The summed E-state index contributed by atoms with van der Waals surface area (Å²) in [6.07, 6.45) is 4.02. The van der Waals surface area contributed by atoms with Crippen LogP contribution in [0.3, 0.4) is 0 Å². The molecular formula is C30H47ClN4O4SSi. The zero-order valence-electron chi connectivity index (χ0n) is 26.1. The molecule has 2 aromatic rings. The minimum atomic E-state index is -1.96. The van der Waals surface area contributed by atoms with Crippen molar-refractivity contribution in [3.05, 3.63) is 28.5 Å². The number of carbonyl (C=O) groups is 1. The number of hydrogen-bond acceptors (Lipinski definition) is 8. The Morgan fingerprint density at radius 2 is 1.85 bits per heavy atom. The van der Waals surface area contributed by atoms with Gasteiger partial charge in [0.2, 0.25) is 0 Å². The van der Waals surface area contributed by atoms with Crippen LogP contribution in [0, 0.1) is 6.92 Å². The summed E-state index contributed by atoms with van der Waals surface area (Å²) >= 11 is 8.19. The van der Waals surface area contributed by atoms with E-state index in [0.29, 0.717) is 37.2 Å². The first-order chi connectivity index (χ1) is 19.1. The van der Waals surface area contributed by atoms with Gasteiger partial charge < -0.3 is 24.1 Å². The summed E-state index contributed by atoms with van der Waals surface area (Å²) in [5.74, 6) is 1.08. The smallest absolute Gasteiger partial charge is 0.410 e. The van der Waals surface area contributed by atoms with Crippen LogP contribution < -0.4 is 5.32 Å². The monoisotopic (exact) mass is 622 g/mol. The molecule has 2 aliphatic heterocycles. The second-order valence-corrected chi connectivity index (χ2v) is 19.8. The molecule has 0 bridgehead atoms. The van der Waals surface area contributed by atoms with Crippen LogP contribution in [0.2, 0.25) is 23.2 Å². The molecule has 41 heavy (non-hydrogen) atoms. The molecule has 0 unspecified atom stereocenters. The summed E-state index contributed by atoms with van der Waals surface area (Å²) < 4.78 is 23.0. The van der Waals surface area contributed by atoms with E-state index in [1.165, 1.54) is 11.5 Å². The topological polar surface area (TPSA) is 85.8 Å². The highest BCUT2D eigenvalue weighted by molar-refractivity contribution is 7.10. The van der Waals surface area contributed by atoms with Crippen molar-refractivity contribution >= 4 is 43.4 Å². The van der Waals surface area contributed by atoms with E-state index in [2.05, 4.69) is 51.1 Å². The summed E-state index contributed by atoms with van der Waals surface area (Å²) in [7, 11) is -1.96. The van der Waals surface area contributed by atoms with Gasteiger partial charge in [0.15, 0.2) is 8.32 Å². The van der Waals surface area contributed by atoms with E-state index in [1.807, 2.05) is 26.8 Å². The van der Waals surface area contributed by atoms with E-state index < -0.39 is 13.9 Å². The lowest BCUT2D eigenvalue weighted by molar-refractivity contribution is -0.00702. The highest BCUT2D eigenvalue weighted by Gasteiger charge is 2.41. The summed E-state index contributed by atoms with van der Waals surface area (Å²) in [5, 5.41) is 4.37. The minimum Gasteiger partial charge on any atom is -0.444 e. The Morgan fingerprint density at radius 1 is 1.17 bits per heavy atom. The number of rotatable bonds is 6. The standard InChI is InChI=1S/C30H47ClN4O4SSi/c1-19-26(20-10-13-35(14-11-20)28(36)38-29(2,3)4)34-40-27(19)21-16-25(32-17-22(21)31)33-23-12-15-37-18-24(23)39-41(8,9)30(5,6)7/h16-17,20,23-24H,10-15,18H2,1-9H3,(H,32,33)/t23-,24-/m1/s1. The van der Waals surface area contributed by atoms with Crippen molar-refractivity contribution in [2.75, 3.05) is 31.6 Å². The number of piperidine rings is 1. The van der Waals surface area contributed by atoms with Gasteiger partial charge in [-0.25, -0.2) is 9.78 Å². The average molecular weight is 623 g/mol. The van der Waals surface area contributed by atoms with Gasteiger partial charge in [-0.1, -0.05) is 32.4 Å². The molecule has 2 aromatic heterocycles. The largest absolute Gasteiger partial charge is 0.444 e. The Morgan fingerprint density at radius 3 is 2.49 bits per heavy atom. The maximum Gasteiger partial charge on any atom is 0.410 e. The number of ether oxygens (including phenoxy) is 2. The van der Waals surface area contributed by atoms with Gasteiger partial charge in [-0.05, 0) is 88.3 Å². The molecule has 11 heteroatoms. The van der Waals surface area contributed by atoms with E-state index >= 15 is 0 Å². The fraction of sp³-hybridized carbons (Fsp3) is 0.700. The molecule has 0 spiro atoms. The number of anilines is 1. The molecule has 2 aliphatic rings. The molecule has 2 atom stereocenters. The van der Waals surface area contributed by atoms with Crippen LogP contribution >= 0.6 is 23.1 Å². The second-order valence-electron chi connectivity index (χ2n) is 13.8. The molecule has 0 saturated carbocycles. The van der Waals surface area contributed by atoms with Crippen LogP contribution in [0.25, 0.3) is 10.4 Å². The first kappa shape index (κ1) is 32.2. The van der Waals surface area contributed by atoms with E-state index in [0.717, 1.165) is 46.8 Å². The Hall–Kier alpha value is -1.72. The average Bonchev–Trinajstić information content (AvgIpc) is 3.25. The molecule has 2 fully saturated rings. The Kier molecular flexibility index (Phi) is 9.80. The summed E-state index contributed by atoms with van der Waals surface area (Å²) in [6.45, 7) is 21.8. The van der Waals surface area contributed by atoms with Gasteiger partial charge >= 0.3 is 6.09 Å². The maximum atomic E-state index is 12.5. The molecular weight excluding hydrogens is 576 g/mol. The number of carbonyl (C=O) groups excluding carboxylic acids is 1. The molecule has 0 radical (unpaired) electrons. The molecule has 1 amide bonds. The van der Waals surface area contributed by atoms with Gasteiger partial charge in [0, 0.05) is 37.4 Å². The fourth-order valence-corrected chi connectivity index (χ4v) is 7.65. The van der Waals surface area contributed by atoms with Crippen molar-refractivity contribution in [3.8, 4) is 10.4 Å². The van der Waals surface area contributed by atoms with Crippen molar-refractivity contribution in [3.63, 3.8) is 0 Å². The van der Waals surface area contributed by atoms with Gasteiger partial charge in [0.05, 0.1) is 34.3 Å². The quantitative estimate of drug-likeness (QED) is 0.328. The van der Waals surface area contributed by atoms with Crippen molar-refractivity contribution < 1.29 is 18.7 Å². The first-order valence-electron chi connectivity index (χ1n) is 14.7. The first-order valence-corrected chi connectivity index (χ1v) is 18.7. The van der Waals surface area contributed by atoms with Crippen molar-refractivity contribution in [2.24, 2.45) is 0 Å². The van der Waals surface area contributed by atoms with Gasteiger partial charge in [-0.2, -0.15) is 4.37 Å². The molecule has 4 heterocycles. The molecule has 1 N–H and O–H groups in total. The van der Waals surface area contributed by atoms with E-state index in [-0.39, 0.29) is 23.3 Å². The van der Waals surface area contributed by atoms with Crippen LogP contribution in [0.4, 0.5) is 10.6 Å². The lowest BCUT2D eigenvalue weighted by atomic mass is 9.90. The SMILES string of the molecule is Cc1c(C2CCN(C(=O)OC(C)(C)C)CC2)nsc1-c1cc(N[C@@H]2CCOC[C@H]2O[Si](C)(C)C(C)(C)C)ncc1Cl. The number of halogens is 1. The Balaban J connectivity index is 1.47. The summed E-state index contributed by atoms with van der Waals surface area (Å²) in [4.78, 5) is 20.0. The number of aromatic nitrogens is 2. The molecule has 4 rings (SSSR count). The number of likely N-dealkylation sites (tertiary alicyclic amines) is 1. The van der Waals surface area contributed by atoms with Crippen LogP contribution in [-0.2, 0) is 13.9 Å². The fourth-order valence-electron chi connectivity index (χ4n) is 5.07. The Bertz CT molecular complexity index is 1220. The van der Waals surface area contributed by atoms with Gasteiger partial charge in [-0.3, -0.25) is 0 Å². The molecule has 8 nitrogen and oxygen atoms in total. The normalized spacial score (nSPS) is 21.2. The highest BCUT2D eigenvalue weighted by atomic mass is 35.5. The van der Waals surface area contributed by atoms with Crippen LogP contribution in [0.5, 0.6) is 0 Å². The van der Waals surface area contributed by atoms with Crippen molar-refractivity contribution in [2.45, 2.75) is 110 Å². The van der Waals surface area contributed by atoms with Gasteiger partial charge in [-0.15, -0.1) is 0 Å². The zero-order chi connectivity index (χ0) is 30.2. The number of nitrogens with one attached hydrogen (secondary N) is 1. The molecule has 228 valence electrons. The summed E-state index contributed by atoms with van der Waals surface area (Å²) in [6, 6.07) is 2.14. The number of hydrogen-bond donors (Lipinski definition) is 1. The van der Waals surface area contributed by atoms with E-state index in [1.54, 1.807) is 11.1 Å². The van der Waals surface area contributed by atoms with Crippen LogP contribution in [-0.4, -0.2) is 72.7 Å². The van der Waals surface area contributed by atoms with Crippen molar-refractivity contribution in [1.82, 2.24) is 14.3 Å². The predicted octanol–water partition coefficient (Wildman–Crippen LogP) is 7.87. The summed E-state index contributed by atoms with van der Waals surface area (Å²) in [5.41, 5.74) is 2.69. The maximum absolute atomic E-state index is 12.5. The van der Waals surface area contributed by atoms with Crippen LogP contribution in [0.1, 0.15) is 78.0 Å². The lowest BCUT2D eigenvalue weighted by Gasteiger charge is -2.43. The van der Waals surface area contributed by atoms with Gasteiger partial charge in [0.25, 0.3) is 0 Å². The second kappa shape index (κ2) is 12.5. The molecule has 2 saturated heterocycles. The highest BCUT2D eigenvalue weighted by Crippen LogP contribution is 2.41. The predicted molar refractivity (Wildman–Crippen MR) is 170 cm³/mol. The molecule has 0 aliphatic carbocycles. The third kappa shape index (κ3) is 7.82.